The number of halogens is 4. The van der Waals surface area contributed by atoms with Crippen LogP contribution in [0.5, 0.6) is 0 Å². The Morgan fingerprint density at radius 3 is 1.78 bits per heavy atom. The largest absolute Gasteiger partial charge is 0.396 e. The molecule has 0 fully saturated rings. The lowest BCUT2D eigenvalue weighted by Crippen LogP contribution is -2.07. The second-order valence-electron chi connectivity index (χ2n) is 1.44. The summed E-state index contributed by atoms with van der Waals surface area (Å²) in [6.45, 7) is -0.389. The normalized spacial score (nSPS) is 10.7. The van der Waals surface area contributed by atoms with Gasteiger partial charge in [-0.25, -0.2) is 0 Å². The third-order valence-corrected chi connectivity index (χ3v) is 0.618. The van der Waals surface area contributed by atoms with Crippen molar-refractivity contribution in [3.05, 3.63) is 0 Å². The fourth-order valence-corrected chi connectivity index (χ4v) is 0.280. The summed E-state index contributed by atoms with van der Waals surface area (Å²) in [5, 5.41) is 7.93. The second-order valence-corrected chi connectivity index (χ2v) is 1.44. The van der Waals surface area contributed by atoms with Crippen molar-refractivity contribution in [3.63, 3.8) is 0 Å². The molecule has 1 nitrogen and oxygen atoms in total. The van der Waals surface area contributed by atoms with Crippen LogP contribution in [0.4, 0.5) is 13.2 Å². The Morgan fingerprint density at radius 2 is 1.67 bits per heavy atom. The minimum Gasteiger partial charge on any atom is -0.396 e. The van der Waals surface area contributed by atoms with Crippen LogP contribution in [-0.2, 0) is 0 Å². The van der Waals surface area contributed by atoms with Crippen molar-refractivity contribution in [1.82, 2.24) is 0 Å². The Bertz CT molecular complexity index is 63.3. The highest BCUT2D eigenvalue weighted by atomic mass is 35.5. The minimum absolute atomic E-state index is 0. The van der Waals surface area contributed by atoms with Crippen molar-refractivity contribution in [1.29, 1.82) is 0 Å². The van der Waals surface area contributed by atoms with Gasteiger partial charge in [-0.3, -0.25) is 0 Å². The number of rotatable bonds is 2. The molecule has 5 heteroatoms. The maximum atomic E-state index is 11.1. The van der Waals surface area contributed by atoms with Crippen molar-refractivity contribution < 1.29 is 18.3 Å². The van der Waals surface area contributed by atoms with Gasteiger partial charge in [0.1, 0.15) is 0 Å². The quantitative estimate of drug-likeness (QED) is 0.659. The van der Waals surface area contributed by atoms with Crippen LogP contribution in [0.2, 0.25) is 0 Å². The van der Waals surface area contributed by atoms with Crippen molar-refractivity contribution in [2.45, 2.75) is 19.0 Å². The van der Waals surface area contributed by atoms with Crippen molar-refractivity contribution in [2.24, 2.45) is 0 Å². The van der Waals surface area contributed by atoms with Gasteiger partial charge in [0, 0.05) is 13.0 Å². The Morgan fingerprint density at radius 1 is 1.22 bits per heavy atom. The van der Waals surface area contributed by atoms with Crippen LogP contribution in [0.1, 0.15) is 12.8 Å². The Kier molecular flexibility index (Phi) is 6.39. The number of hydrogen-bond donors (Lipinski definition) is 1. The highest BCUT2D eigenvalue weighted by Crippen LogP contribution is 2.20. The van der Waals surface area contributed by atoms with Gasteiger partial charge in [0.25, 0.3) is 0 Å². The van der Waals surface area contributed by atoms with E-state index in [-0.39, 0.29) is 25.4 Å². The van der Waals surface area contributed by atoms with Gasteiger partial charge in [0.2, 0.25) is 0 Å². The molecule has 58 valence electrons. The van der Waals surface area contributed by atoms with Crippen LogP contribution in [0.15, 0.2) is 0 Å². The molecule has 0 bridgehead atoms. The van der Waals surface area contributed by atoms with E-state index >= 15 is 0 Å². The lowest BCUT2D eigenvalue weighted by atomic mass is 10.3. The zero-order valence-electron chi connectivity index (χ0n) is 4.61. The molecule has 0 saturated heterocycles. The molecular formula is C4H8ClF3O. The fraction of sp³-hybridized carbons (Fsp3) is 1.00. The lowest BCUT2D eigenvalue weighted by molar-refractivity contribution is -0.136. The number of aliphatic hydroxyl groups is 1. The molecule has 0 aromatic rings. The molecule has 0 amide bonds. The zero-order chi connectivity index (χ0) is 6.62. The summed E-state index contributed by atoms with van der Waals surface area (Å²) in [6, 6.07) is 0. The predicted octanol–water partition coefficient (Wildman–Crippen LogP) is 1.74. The van der Waals surface area contributed by atoms with Gasteiger partial charge in [-0.1, -0.05) is 0 Å². The Hall–Kier alpha value is 0.0400. The zero-order valence-corrected chi connectivity index (χ0v) is 5.43. The first kappa shape index (κ1) is 11.8. The summed E-state index contributed by atoms with van der Waals surface area (Å²) in [4.78, 5) is 0. The summed E-state index contributed by atoms with van der Waals surface area (Å²) in [6.07, 6.45) is -5.18. The van der Waals surface area contributed by atoms with Gasteiger partial charge in [-0.05, 0) is 6.42 Å². The van der Waals surface area contributed by atoms with Crippen LogP contribution < -0.4 is 0 Å². The monoisotopic (exact) mass is 164 g/mol. The summed E-state index contributed by atoms with van der Waals surface area (Å²) < 4.78 is 33.4. The van der Waals surface area contributed by atoms with Gasteiger partial charge < -0.3 is 5.11 Å². The van der Waals surface area contributed by atoms with Crippen LogP contribution >= 0.6 is 12.4 Å². The lowest BCUT2D eigenvalue weighted by Gasteiger charge is -2.01. The summed E-state index contributed by atoms with van der Waals surface area (Å²) in [5.74, 6) is 0. The van der Waals surface area contributed by atoms with Gasteiger partial charge in [0.15, 0.2) is 0 Å². The van der Waals surface area contributed by atoms with E-state index in [1.165, 1.54) is 0 Å². The first-order valence-corrected chi connectivity index (χ1v) is 2.24. The standard InChI is InChI=1S/C4H7F3O.ClH/c5-4(6,7)2-1-3-8;/h8H,1-3H2;1H. The van der Waals surface area contributed by atoms with E-state index in [1.54, 1.807) is 0 Å². The van der Waals surface area contributed by atoms with E-state index in [9.17, 15) is 13.2 Å². The number of hydrogen-bond acceptors (Lipinski definition) is 1. The van der Waals surface area contributed by atoms with E-state index < -0.39 is 12.6 Å². The average molecular weight is 165 g/mol. The molecular weight excluding hydrogens is 156 g/mol. The molecule has 0 heterocycles. The van der Waals surface area contributed by atoms with E-state index in [0.717, 1.165) is 0 Å². The predicted molar refractivity (Wildman–Crippen MR) is 29.6 cm³/mol. The topological polar surface area (TPSA) is 20.2 Å². The van der Waals surface area contributed by atoms with E-state index in [4.69, 9.17) is 5.11 Å². The molecule has 1 N–H and O–H groups in total. The maximum absolute atomic E-state index is 11.1. The maximum Gasteiger partial charge on any atom is 0.389 e. The minimum atomic E-state index is -4.11. The second kappa shape index (κ2) is 4.88. The van der Waals surface area contributed by atoms with Crippen molar-refractivity contribution in [2.75, 3.05) is 6.61 Å². The smallest absolute Gasteiger partial charge is 0.389 e. The molecule has 9 heavy (non-hydrogen) atoms. The van der Waals surface area contributed by atoms with Crippen molar-refractivity contribution >= 4 is 12.4 Å². The fourth-order valence-electron chi connectivity index (χ4n) is 0.280. The Labute approximate surface area is 57.3 Å². The van der Waals surface area contributed by atoms with Crippen LogP contribution in [0.25, 0.3) is 0 Å². The highest BCUT2D eigenvalue weighted by Gasteiger charge is 2.25. The molecule has 0 aliphatic carbocycles. The molecule has 0 aliphatic heterocycles. The SMILES string of the molecule is Cl.OCCCC(F)(F)F. The highest BCUT2D eigenvalue weighted by molar-refractivity contribution is 5.85. The molecule has 0 atom stereocenters. The summed E-state index contributed by atoms with van der Waals surface area (Å²) in [5.41, 5.74) is 0. The van der Waals surface area contributed by atoms with E-state index in [1.807, 2.05) is 0 Å². The molecule has 0 aromatic carbocycles. The van der Waals surface area contributed by atoms with Crippen LogP contribution in [0.3, 0.4) is 0 Å². The molecule has 0 unspecified atom stereocenters. The Balaban J connectivity index is 0. The summed E-state index contributed by atoms with van der Waals surface area (Å²) >= 11 is 0. The molecule has 0 aliphatic rings. The van der Waals surface area contributed by atoms with Gasteiger partial charge in [-0.15, -0.1) is 12.4 Å². The van der Waals surface area contributed by atoms with Crippen molar-refractivity contribution in [3.8, 4) is 0 Å². The number of alkyl halides is 3. The third-order valence-electron chi connectivity index (χ3n) is 0.618. The molecule has 0 radical (unpaired) electrons. The van der Waals surface area contributed by atoms with Gasteiger partial charge in [0.05, 0.1) is 0 Å². The third kappa shape index (κ3) is 11.5. The first-order valence-electron chi connectivity index (χ1n) is 2.24. The number of aliphatic hydroxyl groups excluding tert-OH is 1. The van der Waals surface area contributed by atoms with E-state index in [0.29, 0.717) is 0 Å². The van der Waals surface area contributed by atoms with Crippen LogP contribution in [0, 0.1) is 0 Å². The first-order chi connectivity index (χ1) is 3.56. The van der Waals surface area contributed by atoms with Gasteiger partial charge in [-0.2, -0.15) is 13.2 Å². The van der Waals surface area contributed by atoms with Crippen LogP contribution in [-0.4, -0.2) is 17.9 Å². The van der Waals surface area contributed by atoms with Gasteiger partial charge >= 0.3 is 6.18 Å². The molecule has 0 spiro atoms. The molecule has 0 rings (SSSR count). The van der Waals surface area contributed by atoms with E-state index in [2.05, 4.69) is 0 Å². The summed E-state index contributed by atoms with van der Waals surface area (Å²) in [7, 11) is 0. The molecule has 0 saturated carbocycles. The molecule has 0 aromatic heterocycles. The average Bonchev–Trinajstić information content (AvgIpc) is 1.59.